The van der Waals surface area contributed by atoms with Gasteiger partial charge in [-0.2, -0.15) is 0 Å². The molecule has 2 aromatic carbocycles. The first-order valence-electron chi connectivity index (χ1n) is 7.90. The van der Waals surface area contributed by atoms with Gasteiger partial charge in [0.25, 0.3) is 0 Å². The van der Waals surface area contributed by atoms with Gasteiger partial charge in [-0.1, -0.05) is 30.3 Å². The molecule has 4 heteroatoms. The molecule has 2 nitrogen and oxygen atoms in total. The second-order valence-electron chi connectivity index (χ2n) is 6.40. The molecule has 1 N–H and O–H groups in total. The average molecular weight is 317 g/mol. The van der Waals surface area contributed by atoms with Gasteiger partial charge in [-0.3, -0.25) is 0 Å². The van der Waals surface area contributed by atoms with Gasteiger partial charge in [0.05, 0.1) is 6.10 Å². The molecule has 1 saturated heterocycles. The fraction of sp³-hybridized carbons (Fsp3) is 0.368. The Morgan fingerprint density at radius 1 is 1.04 bits per heavy atom. The molecule has 1 fully saturated rings. The van der Waals surface area contributed by atoms with Gasteiger partial charge in [0, 0.05) is 5.41 Å². The monoisotopic (exact) mass is 317 g/mol. The van der Waals surface area contributed by atoms with E-state index < -0.39 is 17.3 Å². The molecule has 2 aromatic rings. The summed E-state index contributed by atoms with van der Waals surface area (Å²) in [5.74, 6) is -0.703. The van der Waals surface area contributed by atoms with Crippen molar-refractivity contribution >= 4 is 0 Å². The highest BCUT2D eigenvalue weighted by atomic mass is 19.1. The summed E-state index contributed by atoms with van der Waals surface area (Å²) in [6, 6.07) is 12.6. The number of aliphatic hydroxyl groups is 1. The highest BCUT2D eigenvalue weighted by Gasteiger charge is 2.44. The Morgan fingerprint density at radius 3 is 2.39 bits per heavy atom. The van der Waals surface area contributed by atoms with E-state index in [4.69, 9.17) is 0 Å². The number of hydrogen-bond donors (Lipinski definition) is 1. The molecule has 0 spiro atoms. The molecule has 122 valence electrons. The van der Waals surface area contributed by atoms with E-state index >= 15 is 0 Å². The van der Waals surface area contributed by atoms with Gasteiger partial charge in [-0.05, 0) is 62.3 Å². The first-order valence-corrected chi connectivity index (χ1v) is 7.90. The highest BCUT2D eigenvalue weighted by molar-refractivity contribution is 5.34. The summed E-state index contributed by atoms with van der Waals surface area (Å²) in [6.07, 6.45) is 0.313. The van der Waals surface area contributed by atoms with E-state index in [1.54, 1.807) is 30.3 Å². The van der Waals surface area contributed by atoms with Crippen molar-refractivity contribution in [2.24, 2.45) is 0 Å². The normalized spacial score (nSPS) is 19.5. The second-order valence-corrected chi connectivity index (χ2v) is 6.40. The first kappa shape index (κ1) is 16.1. The van der Waals surface area contributed by atoms with E-state index in [2.05, 4.69) is 4.90 Å². The van der Waals surface area contributed by atoms with E-state index in [1.165, 1.54) is 18.2 Å². The maximum absolute atomic E-state index is 14.5. The maximum atomic E-state index is 14.5. The van der Waals surface area contributed by atoms with Crippen molar-refractivity contribution in [1.29, 1.82) is 0 Å². The zero-order valence-electron chi connectivity index (χ0n) is 13.2. The standard InChI is InChI=1S/C19H21F2NO/c1-22-11-9-19(10-12-22,16-7-2-3-8-17(16)21)18(23)14-5-4-6-15(20)13-14/h2-8,13,18,23H,9-12H2,1H3. The third-order valence-electron chi connectivity index (χ3n) is 4.98. The van der Waals surface area contributed by atoms with Crippen molar-refractivity contribution in [2.75, 3.05) is 20.1 Å². The lowest BCUT2D eigenvalue weighted by Crippen LogP contribution is -2.45. The molecule has 3 rings (SSSR count). The Kier molecular flexibility index (Phi) is 4.46. The molecule has 1 atom stereocenters. The van der Waals surface area contributed by atoms with Crippen LogP contribution < -0.4 is 0 Å². The SMILES string of the molecule is CN1CCC(c2ccccc2F)(C(O)c2cccc(F)c2)CC1. The molecule has 0 saturated carbocycles. The van der Waals surface area contributed by atoms with Crippen LogP contribution in [0.4, 0.5) is 8.78 Å². The minimum absolute atomic E-state index is 0.312. The van der Waals surface area contributed by atoms with Gasteiger partial charge < -0.3 is 10.0 Å². The Balaban J connectivity index is 2.07. The van der Waals surface area contributed by atoms with Crippen LogP contribution in [-0.4, -0.2) is 30.1 Å². The number of aliphatic hydroxyl groups excluding tert-OH is 1. The summed E-state index contributed by atoms with van der Waals surface area (Å²) in [5, 5.41) is 11.0. The zero-order chi connectivity index (χ0) is 16.4. The maximum Gasteiger partial charge on any atom is 0.127 e. The van der Waals surface area contributed by atoms with Crippen molar-refractivity contribution in [3.63, 3.8) is 0 Å². The highest BCUT2D eigenvalue weighted by Crippen LogP contribution is 2.46. The summed E-state index contributed by atoms with van der Waals surface area (Å²) in [7, 11) is 2.01. The van der Waals surface area contributed by atoms with Gasteiger partial charge in [-0.25, -0.2) is 8.78 Å². The lowest BCUT2D eigenvalue weighted by atomic mass is 9.67. The molecule has 23 heavy (non-hydrogen) atoms. The zero-order valence-corrected chi connectivity index (χ0v) is 13.2. The van der Waals surface area contributed by atoms with Crippen molar-refractivity contribution in [1.82, 2.24) is 4.90 Å². The predicted molar refractivity (Wildman–Crippen MR) is 86.2 cm³/mol. The molecule has 1 aliphatic rings. The van der Waals surface area contributed by atoms with Gasteiger partial charge >= 0.3 is 0 Å². The van der Waals surface area contributed by atoms with E-state index in [-0.39, 0.29) is 5.82 Å². The molecule has 1 aliphatic heterocycles. The minimum Gasteiger partial charge on any atom is -0.387 e. The predicted octanol–water partition coefficient (Wildman–Crippen LogP) is 3.66. The average Bonchev–Trinajstić information content (AvgIpc) is 2.56. The lowest BCUT2D eigenvalue weighted by molar-refractivity contribution is 0.0325. The Morgan fingerprint density at radius 2 is 1.74 bits per heavy atom. The number of halogens is 2. The fourth-order valence-electron chi connectivity index (χ4n) is 3.57. The number of rotatable bonds is 3. The van der Waals surface area contributed by atoms with E-state index in [9.17, 15) is 13.9 Å². The number of benzene rings is 2. The molecule has 0 bridgehead atoms. The molecule has 1 heterocycles. The first-order chi connectivity index (χ1) is 11.0. The third-order valence-corrected chi connectivity index (χ3v) is 4.98. The summed E-state index contributed by atoms with van der Waals surface area (Å²) in [4.78, 5) is 2.16. The summed E-state index contributed by atoms with van der Waals surface area (Å²) in [5.41, 5.74) is 0.286. The van der Waals surface area contributed by atoms with Crippen molar-refractivity contribution in [2.45, 2.75) is 24.4 Å². The van der Waals surface area contributed by atoms with Crippen LogP contribution in [0.5, 0.6) is 0 Å². The molecule has 1 unspecified atom stereocenters. The molecular formula is C19H21F2NO. The van der Waals surface area contributed by atoms with Crippen LogP contribution in [0.3, 0.4) is 0 Å². The van der Waals surface area contributed by atoms with Crippen molar-refractivity contribution in [3.05, 3.63) is 71.3 Å². The van der Waals surface area contributed by atoms with Crippen LogP contribution in [0.2, 0.25) is 0 Å². The Labute approximate surface area is 135 Å². The van der Waals surface area contributed by atoms with Crippen molar-refractivity contribution < 1.29 is 13.9 Å². The van der Waals surface area contributed by atoms with Gasteiger partial charge in [0.2, 0.25) is 0 Å². The quantitative estimate of drug-likeness (QED) is 0.934. The van der Waals surface area contributed by atoms with Crippen LogP contribution in [0, 0.1) is 11.6 Å². The van der Waals surface area contributed by atoms with Crippen LogP contribution >= 0.6 is 0 Å². The van der Waals surface area contributed by atoms with Crippen LogP contribution in [0.1, 0.15) is 30.1 Å². The molecular weight excluding hydrogens is 296 g/mol. The number of hydrogen-bond acceptors (Lipinski definition) is 2. The van der Waals surface area contributed by atoms with Gasteiger partial charge in [0.15, 0.2) is 0 Å². The fourth-order valence-corrected chi connectivity index (χ4v) is 3.57. The molecule has 0 aromatic heterocycles. The third kappa shape index (κ3) is 3.01. The molecule has 0 amide bonds. The van der Waals surface area contributed by atoms with Crippen LogP contribution in [0.25, 0.3) is 0 Å². The van der Waals surface area contributed by atoms with E-state index in [0.717, 1.165) is 13.1 Å². The smallest absolute Gasteiger partial charge is 0.127 e. The summed E-state index contributed by atoms with van der Waals surface area (Å²) >= 11 is 0. The Bertz CT molecular complexity index is 681. The minimum atomic E-state index is -0.941. The van der Waals surface area contributed by atoms with E-state index in [1.807, 2.05) is 7.05 Å². The molecule has 0 aliphatic carbocycles. The lowest BCUT2D eigenvalue weighted by Gasteiger charge is -2.44. The summed E-state index contributed by atoms with van der Waals surface area (Å²) < 4.78 is 28.0. The Hall–Kier alpha value is -1.78. The number of piperidine rings is 1. The molecule has 0 radical (unpaired) electrons. The topological polar surface area (TPSA) is 23.5 Å². The van der Waals surface area contributed by atoms with Crippen LogP contribution in [0.15, 0.2) is 48.5 Å². The van der Waals surface area contributed by atoms with Crippen LogP contribution in [-0.2, 0) is 5.41 Å². The van der Waals surface area contributed by atoms with Gasteiger partial charge in [-0.15, -0.1) is 0 Å². The van der Waals surface area contributed by atoms with Crippen molar-refractivity contribution in [3.8, 4) is 0 Å². The number of nitrogens with zero attached hydrogens (tertiary/aromatic N) is 1. The largest absolute Gasteiger partial charge is 0.387 e. The van der Waals surface area contributed by atoms with Gasteiger partial charge in [0.1, 0.15) is 11.6 Å². The summed E-state index contributed by atoms with van der Waals surface area (Å²) in [6.45, 7) is 1.53. The second kappa shape index (κ2) is 6.38. The van der Waals surface area contributed by atoms with E-state index in [0.29, 0.717) is 24.0 Å². The number of likely N-dealkylation sites (tertiary alicyclic amines) is 1.